The molecule has 1 aromatic carbocycles. The molecule has 2 rings (SSSR count). The van der Waals surface area contributed by atoms with Crippen molar-refractivity contribution in [1.29, 1.82) is 0 Å². The Labute approximate surface area is 83.5 Å². The lowest BCUT2D eigenvalue weighted by Gasteiger charge is -2.13. The predicted molar refractivity (Wildman–Crippen MR) is 54.5 cm³/mol. The maximum atomic E-state index is 9.64. The van der Waals surface area contributed by atoms with Crippen LogP contribution in [0.5, 0.6) is 11.5 Å². The van der Waals surface area contributed by atoms with E-state index >= 15 is 0 Å². The van der Waals surface area contributed by atoms with Crippen LogP contribution >= 0.6 is 0 Å². The summed E-state index contributed by atoms with van der Waals surface area (Å²) < 4.78 is 5.42. The molecule has 3 nitrogen and oxygen atoms in total. The Morgan fingerprint density at radius 2 is 2.36 bits per heavy atom. The van der Waals surface area contributed by atoms with Gasteiger partial charge in [-0.3, -0.25) is 0 Å². The predicted octanol–water partition coefficient (Wildman–Crippen LogP) is 1.74. The number of rotatable bonds is 2. The minimum absolute atomic E-state index is 0.0126. The molecule has 3 N–H and O–H groups in total. The lowest BCUT2D eigenvalue weighted by atomic mass is 10.1. The Morgan fingerprint density at radius 1 is 1.57 bits per heavy atom. The Balaban J connectivity index is 2.50. The highest BCUT2D eigenvalue weighted by molar-refractivity contribution is 5.53. The third-order valence-corrected chi connectivity index (χ3v) is 2.65. The first-order chi connectivity index (χ1) is 6.74. The number of nitrogens with two attached hydrogens (primary N) is 1. The zero-order chi connectivity index (χ0) is 10.1. The Kier molecular flexibility index (Phi) is 2.33. The number of hydrogen-bond donors (Lipinski definition) is 2. The summed E-state index contributed by atoms with van der Waals surface area (Å²) in [5, 5.41) is 9.64. The van der Waals surface area contributed by atoms with E-state index in [1.165, 1.54) is 5.56 Å². The molecule has 0 heterocycles. The largest absolute Gasteiger partial charge is 0.504 e. The number of benzene rings is 1. The summed E-state index contributed by atoms with van der Waals surface area (Å²) in [4.78, 5) is 0. The van der Waals surface area contributed by atoms with Crippen LogP contribution in [0, 0.1) is 0 Å². The van der Waals surface area contributed by atoms with Crippen LogP contribution in [0.15, 0.2) is 12.1 Å². The number of fused-ring (bicyclic) bond motifs is 1. The smallest absolute Gasteiger partial charge is 0.165 e. The van der Waals surface area contributed by atoms with Crippen LogP contribution in [0.4, 0.5) is 0 Å². The number of phenolic OH excluding ortho intramolecular Hbond substituents is 1. The summed E-state index contributed by atoms with van der Waals surface area (Å²) in [7, 11) is 0. The third kappa shape index (κ3) is 1.34. The molecule has 0 spiro atoms. The molecule has 0 radical (unpaired) electrons. The highest BCUT2D eigenvalue weighted by atomic mass is 16.5. The molecular formula is C11H15NO2. The molecule has 1 aromatic rings. The molecule has 14 heavy (non-hydrogen) atoms. The van der Waals surface area contributed by atoms with Gasteiger partial charge in [0, 0.05) is 11.6 Å². The van der Waals surface area contributed by atoms with Gasteiger partial charge in [0.25, 0.3) is 0 Å². The van der Waals surface area contributed by atoms with Crippen LogP contribution in [0.3, 0.4) is 0 Å². The van der Waals surface area contributed by atoms with Crippen LogP contribution < -0.4 is 10.5 Å². The normalized spacial score (nSPS) is 19.4. The van der Waals surface area contributed by atoms with E-state index in [0.717, 1.165) is 18.4 Å². The molecule has 0 saturated carbocycles. The molecule has 0 aliphatic heterocycles. The van der Waals surface area contributed by atoms with Crippen LogP contribution in [0.25, 0.3) is 0 Å². The zero-order valence-corrected chi connectivity index (χ0v) is 8.29. The van der Waals surface area contributed by atoms with Crippen LogP contribution in [-0.2, 0) is 6.42 Å². The molecule has 0 aromatic heterocycles. The van der Waals surface area contributed by atoms with Crippen molar-refractivity contribution in [2.45, 2.75) is 25.8 Å². The molecule has 0 fully saturated rings. The van der Waals surface area contributed by atoms with Crippen LogP contribution in [0.2, 0.25) is 0 Å². The van der Waals surface area contributed by atoms with E-state index in [2.05, 4.69) is 0 Å². The minimum atomic E-state index is 0.0126. The van der Waals surface area contributed by atoms with Gasteiger partial charge in [0.15, 0.2) is 11.5 Å². The lowest BCUT2D eigenvalue weighted by Crippen LogP contribution is -2.08. The maximum Gasteiger partial charge on any atom is 0.165 e. The van der Waals surface area contributed by atoms with Gasteiger partial charge < -0.3 is 15.6 Å². The molecular weight excluding hydrogens is 178 g/mol. The second-order valence-corrected chi connectivity index (χ2v) is 3.56. The van der Waals surface area contributed by atoms with Gasteiger partial charge in [-0.25, -0.2) is 0 Å². The second kappa shape index (κ2) is 3.50. The van der Waals surface area contributed by atoms with Gasteiger partial charge in [-0.15, -0.1) is 0 Å². The fourth-order valence-electron chi connectivity index (χ4n) is 2.00. The highest BCUT2D eigenvalue weighted by Crippen LogP contribution is 2.41. The van der Waals surface area contributed by atoms with Gasteiger partial charge in [-0.1, -0.05) is 6.07 Å². The molecule has 0 unspecified atom stereocenters. The van der Waals surface area contributed by atoms with Crippen molar-refractivity contribution < 1.29 is 9.84 Å². The SMILES string of the molecule is CCOc1c(O)ccc2c1[C@@H](N)CC2. The van der Waals surface area contributed by atoms with E-state index < -0.39 is 0 Å². The van der Waals surface area contributed by atoms with Crippen molar-refractivity contribution in [1.82, 2.24) is 0 Å². The summed E-state index contributed by atoms with van der Waals surface area (Å²) in [5.74, 6) is 0.776. The average Bonchev–Trinajstić information content (AvgIpc) is 2.53. The van der Waals surface area contributed by atoms with Crippen molar-refractivity contribution >= 4 is 0 Å². The molecule has 3 heteroatoms. The fourth-order valence-corrected chi connectivity index (χ4v) is 2.00. The van der Waals surface area contributed by atoms with Gasteiger partial charge in [0.2, 0.25) is 0 Å². The summed E-state index contributed by atoms with van der Waals surface area (Å²) in [6.45, 7) is 2.45. The second-order valence-electron chi connectivity index (χ2n) is 3.56. The highest BCUT2D eigenvalue weighted by Gasteiger charge is 2.25. The first kappa shape index (κ1) is 9.34. The third-order valence-electron chi connectivity index (χ3n) is 2.65. The van der Waals surface area contributed by atoms with Crippen molar-refractivity contribution in [3.05, 3.63) is 23.3 Å². The summed E-state index contributed by atoms with van der Waals surface area (Å²) in [6, 6.07) is 3.63. The van der Waals surface area contributed by atoms with Crippen molar-refractivity contribution in [2.75, 3.05) is 6.61 Å². The average molecular weight is 193 g/mol. The Bertz CT molecular complexity index is 349. The van der Waals surface area contributed by atoms with E-state index in [4.69, 9.17) is 10.5 Å². The summed E-state index contributed by atoms with van der Waals surface area (Å²) in [6.07, 6.45) is 1.93. The van der Waals surface area contributed by atoms with E-state index in [-0.39, 0.29) is 11.8 Å². The lowest BCUT2D eigenvalue weighted by molar-refractivity contribution is 0.313. The van der Waals surface area contributed by atoms with Crippen molar-refractivity contribution in [3.63, 3.8) is 0 Å². The molecule has 0 saturated heterocycles. The maximum absolute atomic E-state index is 9.64. The van der Waals surface area contributed by atoms with E-state index in [9.17, 15) is 5.11 Å². The number of ether oxygens (including phenoxy) is 1. The quantitative estimate of drug-likeness (QED) is 0.752. The number of hydrogen-bond acceptors (Lipinski definition) is 3. The van der Waals surface area contributed by atoms with Crippen LogP contribution in [0.1, 0.15) is 30.5 Å². The fraction of sp³-hybridized carbons (Fsp3) is 0.455. The van der Waals surface area contributed by atoms with Gasteiger partial charge in [0.05, 0.1) is 6.61 Å². The van der Waals surface area contributed by atoms with Gasteiger partial charge in [-0.2, -0.15) is 0 Å². The van der Waals surface area contributed by atoms with Gasteiger partial charge in [-0.05, 0) is 31.4 Å². The van der Waals surface area contributed by atoms with Gasteiger partial charge in [0.1, 0.15) is 0 Å². The molecule has 76 valence electrons. The van der Waals surface area contributed by atoms with E-state index in [1.54, 1.807) is 6.07 Å². The molecule has 1 aliphatic rings. The topological polar surface area (TPSA) is 55.5 Å². The molecule has 1 aliphatic carbocycles. The molecule has 0 amide bonds. The molecule has 1 atom stereocenters. The van der Waals surface area contributed by atoms with E-state index in [1.807, 2.05) is 13.0 Å². The number of phenols is 1. The summed E-state index contributed by atoms with van der Waals surface area (Å²) in [5.41, 5.74) is 8.15. The molecule has 0 bridgehead atoms. The zero-order valence-electron chi connectivity index (χ0n) is 8.29. The monoisotopic (exact) mass is 193 g/mol. The Morgan fingerprint density at radius 3 is 3.07 bits per heavy atom. The van der Waals surface area contributed by atoms with Crippen LogP contribution in [-0.4, -0.2) is 11.7 Å². The first-order valence-corrected chi connectivity index (χ1v) is 4.97. The summed E-state index contributed by atoms with van der Waals surface area (Å²) >= 11 is 0. The van der Waals surface area contributed by atoms with Crippen molar-refractivity contribution in [3.8, 4) is 11.5 Å². The standard InChI is InChI=1S/C11H15NO2/c1-2-14-11-9(13)6-4-7-3-5-8(12)10(7)11/h4,6,8,13H,2-3,5,12H2,1H3/t8-/m0/s1. The number of aromatic hydroxyl groups is 1. The first-order valence-electron chi connectivity index (χ1n) is 4.97. The minimum Gasteiger partial charge on any atom is -0.504 e. The number of aryl methyl sites for hydroxylation is 1. The van der Waals surface area contributed by atoms with E-state index in [0.29, 0.717) is 12.4 Å². The van der Waals surface area contributed by atoms with Crippen molar-refractivity contribution in [2.24, 2.45) is 5.73 Å². The Hall–Kier alpha value is -1.22. The van der Waals surface area contributed by atoms with Gasteiger partial charge >= 0.3 is 0 Å².